The normalized spacial score (nSPS) is 18.4. The van der Waals surface area contributed by atoms with E-state index in [1.165, 1.54) is 18.9 Å². The Balaban J connectivity index is 1.30. The van der Waals surface area contributed by atoms with Crippen LogP contribution in [-0.4, -0.2) is 72.6 Å². The number of hydrogen-bond donors (Lipinski definition) is 2. The topological polar surface area (TPSA) is 78.8 Å². The molecule has 0 saturated carbocycles. The molecule has 218 valence electrons. The van der Waals surface area contributed by atoms with Crippen molar-refractivity contribution in [3.8, 4) is 17.2 Å². The zero-order valence-corrected chi connectivity index (χ0v) is 23.9. The zero-order chi connectivity index (χ0) is 28.8. The van der Waals surface area contributed by atoms with Gasteiger partial charge >= 0.3 is 0 Å². The molecule has 4 heterocycles. The Kier molecular flexibility index (Phi) is 7.07. The van der Waals surface area contributed by atoms with Crippen molar-refractivity contribution < 1.29 is 13.9 Å². The summed E-state index contributed by atoms with van der Waals surface area (Å²) in [5, 5.41) is 8.30. The first-order chi connectivity index (χ1) is 20.5. The molecule has 3 aliphatic rings. The van der Waals surface area contributed by atoms with Gasteiger partial charge in [0.15, 0.2) is 17.3 Å². The molecule has 42 heavy (non-hydrogen) atoms. The molecule has 1 unspecified atom stereocenters. The summed E-state index contributed by atoms with van der Waals surface area (Å²) in [4.78, 5) is 31.8. The molecule has 9 heteroatoms. The minimum atomic E-state index is -0.575. The van der Waals surface area contributed by atoms with Gasteiger partial charge in [-0.15, -0.1) is 0 Å². The van der Waals surface area contributed by atoms with E-state index in [2.05, 4.69) is 27.5 Å². The van der Waals surface area contributed by atoms with Crippen LogP contribution in [0, 0.1) is 5.82 Å². The minimum Gasteiger partial charge on any atom is -0.451 e. The van der Waals surface area contributed by atoms with Gasteiger partial charge in [0, 0.05) is 31.9 Å². The van der Waals surface area contributed by atoms with E-state index in [0.29, 0.717) is 36.1 Å². The fraction of sp³-hybridized carbons (Fsp3) is 0.394. The number of carbonyl (C=O) groups excluding carboxylic acids is 1. The maximum Gasteiger partial charge on any atom is 0.256 e. The van der Waals surface area contributed by atoms with Crippen LogP contribution in [0.5, 0.6) is 11.5 Å². The molecule has 1 atom stereocenters. The number of benzene rings is 3. The second kappa shape index (κ2) is 11.0. The summed E-state index contributed by atoms with van der Waals surface area (Å²) in [5.74, 6) is -0.221. The fourth-order valence-corrected chi connectivity index (χ4v) is 6.77. The maximum atomic E-state index is 15.8. The van der Waals surface area contributed by atoms with Crippen LogP contribution in [0.15, 0.2) is 53.5 Å². The van der Waals surface area contributed by atoms with Crippen molar-refractivity contribution in [1.82, 2.24) is 19.7 Å². The van der Waals surface area contributed by atoms with Crippen molar-refractivity contribution in [2.24, 2.45) is 0 Å². The SMILES string of the molecule is CN1CCCC1CCNC(=O)c1cn2c3c(c(NCCN4CCCC4)c(F)cc3c1=O)Oc1cc3ccccc3cc1-2. The van der Waals surface area contributed by atoms with E-state index in [-0.39, 0.29) is 22.4 Å². The predicted octanol–water partition coefficient (Wildman–Crippen LogP) is 5.11. The lowest BCUT2D eigenvalue weighted by Gasteiger charge is -2.27. The Bertz CT molecular complexity index is 1750. The number of hydrogen-bond acceptors (Lipinski definition) is 6. The quantitative estimate of drug-likeness (QED) is 0.271. The van der Waals surface area contributed by atoms with Crippen molar-refractivity contribution in [3.05, 3.63) is 70.3 Å². The van der Waals surface area contributed by atoms with Crippen molar-refractivity contribution >= 4 is 33.3 Å². The third-order valence-electron chi connectivity index (χ3n) is 9.10. The lowest BCUT2D eigenvalue weighted by Crippen LogP contribution is -2.34. The average molecular weight is 570 g/mol. The molecule has 0 spiro atoms. The number of nitrogens with one attached hydrogen (secondary N) is 2. The van der Waals surface area contributed by atoms with E-state index in [4.69, 9.17) is 4.74 Å². The third kappa shape index (κ3) is 4.80. The number of nitrogens with zero attached hydrogens (tertiary/aromatic N) is 3. The van der Waals surface area contributed by atoms with E-state index < -0.39 is 17.2 Å². The predicted molar refractivity (Wildman–Crippen MR) is 164 cm³/mol. The number of carbonyl (C=O) groups is 1. The van der Waals surface area contributed by atoms with Gasteiger partial charge in [-0.2, -0.15) is 0 Å². The molecule has 3 aliphatic heterocycles. The average Bonchev–Trinajstić information content (AvgIpc) is 3.66. The number of pyridine rings is 1. The summed E-state index contributed by atoms with van der Waals surface area (Å²) in [6.45, 7) is 4.97. The molecule has 0 bridgehead atoms. The van der Waals surface area contributed by atoms with Crippen LogP contribution in [0.4, 0.5) is 10.1 Å². The summed E-state index contributed by atoms with van der Waals surface area (Å²) in [5.41, 5.74) is 0.864. The molecule has 8 nitrogen and oxygen atoms in total. The van der Waals surface area contributed by atoms with Crippen molar-refractivity contribution in [2.75, 3.05) is 51.6 Å². The van der Waals surface area contributed by atoms with Crippen molar-refractivity contribution in [2.45, 2.75) is 38.1 Å². The summed E-state index contributed by atoms with van der Waals surface area (Å²) < 4.78 is 24.0. The Hall–Kier alpha value is -3.95. The van der Waals surface area contributed by atoms with Crippen LogP contribution >= 0.6 is 0 Å². The van der Waals surface area contributed by atoms with Gasteiger partial charge in [0.1, 0.15) is 16.8 Å². The van der Waals surface area contributed by atoms with E-state index in [0.717, 1.165) is 56.2 Å². The molecule has 0 radical (unpaired) electrons. The molecule has 4 aromatic rings. The Morgan fingerprint density at radius 1 is 1.05 bits per heavy atom. The standard InChI is InChI=1S/C33H36FN5O3/c1-37-13-6-9-23(37)10-11-36-33(41)25-20-39-27-17-21-7-2-3-8-22(21)18-28(27)42-32-29(35-12-16-38-14-4-5-15-38)26(34)19-24(30(32)39)31(25)40/h2-3,7-8,17-20,23,35H,4-6,9-16H2,1H3,(H,36,41). The lowest BCUT2D eigenvalue weighted by atomic mass is 10.0. The number of fused-ring (bicyclic) bond motifs is 3. The Morgan fingerprint density at radius 3 is 2.60 bits per heavy atom. The van der Waals surface area contributed by atoms with Crippen LogP contribution < -0.4 is 20.8 Å². The van der Waals surface area contributed by atoms with Crippen LogP contribution in [0.3, 0.4) is 0 Å². The number of aromatic nitrogens is 1. The summed E-state index contributed by atoms with van der Waals surface area (Å²) in [7, 11) is 2.10. The van der Waals surface area contributed by atoms with Gasteiger partial charge in [-0.25, -0.2) is 4.39 Å². The molecule has 2 N–H and O–H groups in total. The van der Waals surface area contributed by atoms with Gasteiger partial charge in [0.2, 0.25) is 5.43 Å². The van der Waals surface area contributed by atoms with Crippen LogP contribution in [0.2, 0.25) is 0 Å². The van der Waals surface area contributed by atoms with Gasteiger partial charge in [0.25, 0.3) is 5.91 Å². The second-order valence-electron chi connectivity index (χ2n) is 11.8. The Labute approximate surface area is 244 Å². The first-order valence-corrected chi connectivity index (χ1v) is 15.1. The van der Waals surface area contributed by atoms with Gasteiger partial charge < -0.3 is 29.7 Å². The molecule has 1 aromatic heterocycles. The van der Waals surface area contributed by atoms with Crippen molar-refractivity contribution in [3.63, 3.8) is 0 Å². The largest absolute Gasteiger partial charge is 0.451 e. The first-order valence-electron chi connectivity index (χ1n) is 15.1. The number of halogens is 1. The highest BCUT2D eigenvalue weighted by Crippen LogP contribution is 2.46. The number of anilines is 1. The molecule has 7 rings (SSSR count). The molecule has 0 aliphatic carbocycles. The summed E-state index contributed by atoms with van der Waals surface area (Å²) in [6.07, 6.45) is 7.04. The maximum absolute atomic E-state index is 15.8. The highest BCUT2D eigenvalue weighted by molar-refractivity contribution is 6.02. The number of ether oxygens (including phenoxy) is 1. The van der Waals surface area contributed by atoms with E-state index >= 15 is 4.39 Å². The fourth-order valence-electron chi connectivity index (χ4n) is 6.77. The minimum absolute atomic E-state index is 0.0108. The van der Waals surface area contributed by atoms with Gasteiger partial charge in [-0.1, -0.05) is 24.3 Å². The van der Waals surface area contributed by atoms with Crippen molar-refractivity contribution in [1.29, 1.82) is 0 Å². The zero-order valence-electron chi connectivity index (χ0n) is 23.9. The second-order valence-corrected chi connectivity index (χ2v) is 11.8. The number of rotatable bonds is 8. The number of likely N-dealkylation sites (tertiary alicyclic amines) is 2. The van der Waals surface area contributed by atoms with E-state index in [1.54, 1.807) is 6.20 Å². The highest BCUT2D eigenvalue weighted by atomic mass is 19.1. The molecule has 2 fully saturated rings. The Morgan fingerprint density at radius 2 is 1.83 bits per heavy atom. The van der Waals surface area contributed by atoms with Gasteiger partial charge in [-0.3, -0.25) is 9.59 Å². The monoisotopic (exact) mass is 569 g/mol. The molecule has 3 aromatic carbocycles. The van der Waals surface area contributed by atoms with Gasteiger partial charge in [-0.05, 0) is 87.8 Å². The molecule has 1 amide bonds. The summed E-state index contributed by atoms with van der Waals surface area (Å²) in [6, 6.07) is 13.5. The lowest BCUT2D eigenvalue weighted by molar-refractivity contribution is 0.0949. The molecular formula is C33H36FN5O3. The smallest absolute Gasteiger partial charge is 0.256 e. The number of amides is 1. The van der Waals surface area contributed by atoms with E-state index in [1.807, 2.05) is 41.0 Å². The summed E-state index contributed by atoms with van der Waals surface area (Å²) >= 11 is 0. The highest BCUT2D eigenvalue weighted by Gasteiger charge is 2.29. The van der Waals surface area contributed by atoms with Crippen LogP contribution in [-0.2, 0) is 0 Å². The third-order valence-corrected chi connectivity index (χ3v) is 9.10. The van der Waals surface area contributed by atoms with Gasteiger partial charge in [0.05, 0.1) is 11.1 Å². The molecule has 2 saturated heterocycles. The molecular weight excluding hydrogens is 533 g/mol. The first kappa shape index (κ1) is 26.9. The van der Waals surface area contributed by atoms with E-state index in [9.17, 15) is 9.59 Å². The van der Waals surface area contributed by atoms with Crippen LogP contribution in [0.1, 0.15) is 42.5 Å². The van der Waals surface area contributed by atoms with Crippen LogP contribution in [0.25, 0.3) is 27.4 Å².